The van der Waals surface area contributed by atoms with Crippen LogP contribution >= 0.6 is 0 Å². The Morgan fingerprint density at radius 2 is 2.08 bits per heavy atom. The van der Waals surface area contributed by atoms with Gasteiger partial charge in [-0.2, -0.15) is 0 Å². The molecule has 0 aliphatic heterocycles. The second-order valence-corrected chi connectivity index (χ2v) is 6.29. The van der Waals surface area contributed by atoms with Crippen molar-refractivity contribution in [2.45, 2.75) is 33.1 Å². The van der Waals surface area contributed by atoms with Gasteiger partial charge in [-0.05, 0) is 37.5 Å². The topological polar surface area (TPSA) is 67.4 Å². The molecular weight excluding hydrogens is 328 g/mol. The molecule has 0 radical (unpaired) electrons. The molecule has 1 heterocycles. The molecule has 1 aromatic carbocycles. The van der Waals surface area contributed by atoms with Gasteiger partial charge in [-0.1, -0.05) is 25.5 Å². The Labute approximate surface area is 155 Å². The summed E-state index contributed by atoms with van der Waals surface area (Å²) in [5, 5.41) is 3.29. The zero-order chi connectivity index (χ0) is 18.9. The Morgan fingerprint density at radius 3 is 2.81 bits per heavy atom. The molecule has 0 fully saturated rings. The number of aromatic nitrogens is 2. The molecular formula is C20H28N4O2. The maximum atomic E-state index is 12.5. The third-order valence-corrected chi connectivity index (χ3v) is 4.10. The predicted molar refractivity (Wildman–Crippen MR) is 104 cm³/mol. The Balaban J connectivity index is 1.99. The Hall–Kier alpha value is -2.63. The summed E-state index contributed by atoms with van der Waals surface area (Å²) in [5.41, 5.74) is 1.61. The lowest BCUT2D eigenvalue weighted by atomic mass is 10.1. The normalized spacial score (nSPS) is 10.5. The molecule has 1 amide bonds. The van der Waals surface area contributed by atoms with Crippen LogP contribution in [-0.2, 0) is 6.42 Å². The Bertz CT molecular complexity index is 734. The lowest BCUT2D eigenvalue weighted by molar-refractivity contribution is 0.0787. The minimum Gasteiger partial charge on any atom is -0.497 e. The summed E-state index contributed by atoms with van der Waals surface area (Å²) in [6, 6.07) is 9.71. The number of carbonyl (C=O) groups is 1. The van der Waals surface area contributed by atoms with E-state index in [1.54, 1.807) is 25.0 Å². The fourth-order valence-electron chi connectivity index (χ4n) is 2.62. The van der Waals surface area contributed by atoms with Crippen LogP contribution < -0.4 is 10.1 Å². The molecule has 0 bridgehead atoms. The van der Waals surface area contributed by atoms with Crippen LogP contribution in [0.15, 0.2) is 30.3 Å². The summed E-state index contributed by atoms with van der Waals surface area (Å²) in [7, 11) is 3.47. The molecule has 6 nitrogen and oxygen atoms in total. The van der Waals surface area contributed by atoms with Crippen molar-refractivity contribution >= 4 is 11.7 Å². The molecule has 1 aromatic heterocycles. The number of ether oxygens (including phenoxy) is 1. The summed E-state index contributed by atoms with van der Waals surface area (Å²) in [4.78, 5) is 22.9. The van der Waals surface area contributed by atoms with Crippen LogP contribution in [0.4, 0.5) is 5.82 Å². The number of methoxy groups -OCH3 is 1. The number of benzene rings is 1. The molecule has 0 saturated heterocycles. The zero-order valence-electron chi connectivity index (χ0n) is 16.1. The quantitative estimate of drug-likeness (QED) is 0.746. The maximum absolute atomic E-state index is 12.5. The van der Waals surface area contributed by atoms with Crippen molar-refractivity contribution < 1.29 is 9.53 Å². The standard InChI is InChI=1S/C20H28N4O2/c1-5-6-12-24(3)20(25)18-14-19(23-15(2)22-18)21-11-10-16-8-7-9-17(13-16)26-4/h7-9,13-14H,5-6,10-12H2,1-4H3,(H,21,22,23). The molecule has 0 aliphatic carbocycles. The second-order valence-electron chi connectivity index (χ2n) is 6.29. The second kappa shape index (κ2) is 9.75. The van der Waals surface area contributed by atoms with Crippen LogP contribution in [0, 0.1) is 6.92 Å². The van der Waals surface area contributed by atoms with Gasteiger partial charge in [0.1, 0.15) is 23.1 Å². The summed E-state index contributed by atoms with van der Waals surface area (Å²) in [5.74, 6) is 2.04. The third kappa shape index (κ3) is 5.72. The van der Waals surface area contributed by atoms with Gasteiger partial charge in [-0.15, -0.1) is 0 Å². The monoisotopic (exact) mass is 356 g/mol. The Morgan fingerprint density at radius 1 is 1.27 bits per heavy atom. The number of carbonyl (C=O) groups excluding carboxylic acids is 1. The fourth-order valence-corrected chi connectivity index (χ4v) is 2.62. The number of hydrogen-bond acceptors (Lipinski definition) is 5. The van der Waals surface area contributed by atoms with Crippen LogP contribution in [0.5, 0.6) is 5.75 Å². The van der Waals surface area contributed by atoms with Crippen molar-refractivity contribution in [3.63, 3.8) is 0 Å². The smallest absolute Gasteiger partial charge is 0.272 e. The number of anilines is 1. The van der Waals surface area contributed by atoms with E-state index < -0.39 is 0 Å². The van der Waals surface area contributed by atoms with E-state index in [2.05, 4.69) is 28.3 Å². The van der Waals surface area contributed by atoms with Gasteiger partial charge in [0.25, 0.3) is 5.91 Å². The lowest BCUT2D eigenvalue weighted by Crippen LogP contribution is -2.29. The van der Waals surface area contributed by atoms with Crippen LogP contribution in [-0.4, -0.2) is 48.0 Å². The summed E-state index contributed by atoms with van der Waals surface area (Å²) >= 11 is 0. The van der Waals surface area contributed by atoms with E-state index in [0.29, 0.717) is 23.9 Å². The van der Waals surface area contributed by atoms with Crippen molar-refractivity contribution in [2.24, 2.45) is 0 Å². The van der Waals surface area contributed by atoms with Crippen molar-refractivity contribution in [1.82, 2.24) is 14.9 Å². The first-order valence-corrected chi connectivity index (χ1v) is 9.01. The third-order valence-electron chi connectivity index (χ3n) is 4.10. The summed E-state index contributed by atoms with van der Waals surface area (Å²) < 4.78 is 5.24. The van der Waals surface area contributed by atoms with E-state index in [1.807, 2.05) is 25.2 Å². The molecule has 0 aliphatic rings. The van der Waals surface area contributed by atoms with Crippen molar-refractivity contribution in [2.75, 3.05) is 32.6 Å². The average molecular weight is 356 g/mol. The minimum atomic E-state index is -0.0696. The fraction of sp³-hybridized carbons (Fsp3) is 0.450. The van der Waals surface area contributed by atoms with E-state index in [9.17, 15) is 4.79 Å². The highest BCUT2D eigenvalue weighted by Gasteiger charge is 2.14. The maximum Gasteiger partial charge on any atom is 0.272 e. The van der Waals surface area contributed by atoms with Crippen LogP contribution in [0.3, 0.4) is 0 Å². The number of amides is 1. The van der Waals surface area contributed by atoms with Crippen molar-refractivity contribution in [1.29, 1.82) is 0 Å². The van der Waals surface area contributed by atoms with E-state index in [0.717, 1.165) is 31.6 Å². The van der Waals surface area contributed by atoms with Crippen LogP contribution in [0.25, 0.3) is 0 Å². The molecule has 2 aromatic rings. The molecule has 0 atom stereocenters. The van der Waals surface area contributed by atoms with Crippen molar-refractivity contribution in [3.05, 3.63) is 47.4 Å². The van der Waals surface area contributed by atoms with Gasteiger partial charge in [0.05, 0.1) is 7.11 Å². The SMILES string of the molecule is CCCCN(C)C(=O)c1cc(NCCc2cccc(OC)c2)nc(C)n1. The first-order chi connectivity index (χ1) is 12.5. The first kappa shape index (κ1) is 19.7. The van der Waals surface area contributed by atoms with E-state index >= 15 is 0 Å². The number of nitrogens with one attached hydrogen (secondary N) is 1. The molecule has 1 N–H and O–H groups in total. The minimum absolute atomic E-state index is 0.0696. The lowest BCUT2D eigenvalue weighted by Gasteiger charge is -2.17. The Kier molecular flexibility index (Phi) is 7.38. The summed E-state index contributed by atoms with van der Waals surface area (Å²) in [6.07, 6.45) is 2.87. The van der Waals surface area contributed by atoms with Gasteiger partial charge in [0, 0.05) is 26.2 Å². The number of aryl methyl sites for hydroxylation is 1. The van der Waals surface area contributed by atoms with Gasteiger partial charge in [-0.3, -0.25) is 4.79 Å². The summed E-state index contributed by atoms with van der Waals surface area (Å²) in [6.45, 7) is 5.35. The average Bonchev–Trinajstić information content (AvgIpc) is 2.65. The molecule has 26 heavy (non-hydrogen) atoms. The van der Waals surface area contributed by atoms with E-state index in [-0.39, 0.29) is 5.91 Å². The number of nitrogens with zero attached hydrogens (tertiary/aromatic N) is 3. The van der Waals surface area contributed by atoms with Gasteiger partial charge in [0.2, 0.25) is 0 Å². The molecule has 0 saturated carbocycles. The van der Waals surface area contributed by atoms with Gasteiger partial charge in [0.15, 0.2) is 0 Å². The van der Waals surface area contributed by atoms with E-state index in [4.69, 9.17) is 4.74 Å². The first-order valence-electron chi connectivity index (χ1n) is 9.01. The molecule has 2 rings (SSSR count). The van der Waals surface area contributed by atoms with Gasteiger partial charge in [-0.25, -0.2) is 9.97 Å². The van der Waals surface area contributed by atoms with Crippen molar-refractivity contribution in [3.8, 4) is 5.75 Å². The largest absolute Gasteiger partial charge is 0.497 e. The highest BCUT2D eigenvalue weighted by Crippen LogP contribution is 2.14. The number of hydrogen-bond donors (Lipinski definition) is 1. The molecule has 6 heteroatoms. The van der Waals surface area contributed by atoms with Gasteiger partial charge < -0.3 is 15.0 Å². The van der Waals surface area contributed by atoms with E-state index in [1.165, 1.54) is 5.56 Å². The zero-order valence-corrected chi connectivity index (χ0v) is 16.1. The highest BCUT2D eigenvalue weighted by molar-refractivity contribution is 5.92. The highest BCUT2D eigenvalue weighted by atomic mass is 16.5. The van der Waals surface area contributed by atoms with Gasteiger partial charge >= 0.3 is 0 Å². The molecule has 0 spiro atoms. The molecule has 0 unspecified atom stereocenters. The van der Waals surface area contributed by atoms with Crippen LogP contribution in [0.1, 0.15) is 41.6 Å². The molecule has 140 valence electrons. The predicted octanol–water partition coefficient (Wildman–Crippen LogP) is 3.32. The number of unbranched alkanes of at least 4 members (excludes halogenated alkanes) is 1. The number of rotatable bonds is 9. The van der Waals surface area contributed by atoms with Crippen LogP contribution in [0.2, 0.25) is 0 Å².